The van der Waals surface area contributed by atoms with Gasteiger partial charge in [-0.05, 0) is 43.5 Å². The van der Waals surface area contributed by atoms with E-state index in [2.05, 4.69) is 36.5 Å². The van der Waals surface area contributed by atoms with Gasteiger partial charge in [0.2, 0.25) is 0 Å². The molecular formula is C16H25NO. The third kappa shape index (κ3) is 3.49. The lowest BCUT2D eigenvalue weighted by molar-refractivity contribution is 0.262. The fourth-order valence-corrected chi connectivity index (χ4v) is 2.61. The predicted molar refractivity (Wildman–Crippen MR) is 76.0 cm³/mol. The van der Waals surface area contributed by atoms with Crippen LogP contribution in [-0.2, 0) is 0 Å². The van der Waals surface area contributed by atoms with Crippen molar-refractivity contribution in [1.29, 1.82) is 0 Å². The van der Waals surface area contributed by atoms with E-state index in [1.54, 1.807) is 0 Å². The molecule has 2 nitrogen and oxygen atoms in total. The lowest BCUT2D eigenvalue weighted by atomic mass is 9.79. The molecule has 100 valence electrons. The first-order chi connectivity index (χ1) is 8.83. The Morgan fingerprint density at radius 1 is 1.22 bits per heavy atom. The summed E-state index contributed by atoms with van der Waals surface area (Å²) in [6, 6.07) is 9.10. The van der Waals surface area contributed by atoms with Crippen LogP contribution in [0.5, 0.6) is 5.75 Å². The highest BCUT2D eigenvalue weighted by atomic mass is 16.5. The molecule has 0 aromatic heterocycles. The lowest BCUT2D eigenvalue weighted by Gasteiger charge is -2.30. The van der Waals surface area contributed by atoms with Crippen molar-refractivity contribution in [1.82, 2.24) is 5.32 Å². The summed E-state index contributed by atoms with van der Waals surface area (Å²) in [6.07, 6.45) is 5.53. The summed E-state index contributed by atoms with van der Waals surface area (Å²) in [5.74, 6) is 1.90. The minimum Gasteiger partial charge on any atom is -0.494 e. The van der Waals surface area contributed by atoms with E-state index in [4.69, 9.17) is 4.74 Å². The molecule has 1 aliphatic carbocycles. The molecular weight excluding hydrogens is 222 g/mol. The maximum Gasteiger partial charge on any atom is 0.119 e. The molecule has 0 radical (unpaired) electrons. The molecule has 0 bridgehead atoms. The van der Waals surface area contributed by atoms with Crippen LogP contribution in [0.1, 0.15) is 51.1 Å². The van der Waals surface area contributed by atoms with Gasteiger partial charge in [-0.2, -0.15) is 0 Å². The molecule has 0 amide bonds. The Morgan fingerprint density at radius 3 is 2.44 bits per heavy atom. The van der Waals surface area contributed by atoms with Crippen LogP contribution in [0.4, 0.5) is 0 Å². The summed E-state index contributed by atoms with van der Waals surface area (Å²) in [4.78, 5) is 0. The summed E-state index contributed by atoms with van der Waals surface area (Å²) >= 11 is 0. The van der Waals surface area contributed by atoms with Crippen molar-refractivity contribution in [3.8, 4) is 5.75 Å². The molecule has 1 aromatic carbocycles. The number of benzene rings is 1. The zero-order valence-corrected chi connectivity index (χ0v) is 11.6. The standard InChI is InChI=1S/C16H25NO/c1-3-17-16(12-13-6-5-7-13)14-8-10-15(11-9-14)18-4-2/h8-11,13,16-17H,3-7,12H2,1-2H3. The molecule has 1 fully saturated rings. The first-order valence-electron chi connectivity index (χ1n) is 7.29. The SMILES string of the molecule is CCNC(CC1CCC1)c1ccc(OCC)cc1. The van der Waals surface area contributed by atoms with Crippen molar-refractivity contribution in [3.63, 3.8) is 0 Å². The van der Waals surface area contributed by atoms with Gasteiger partial charge in [-0.25, -0.2) is 0 Å². The van der Waals surface area contributed by atoms with Gasteiger partial charge in [0.25, 0.3) is 0 Å². The molecule has 2 rings (SSSR count). The van der Waals surface area contributed by atoms with Gasteiger partial charge in [-0.1, -0.05) is 38.3 Å². The Labute approximate surface area is 111 Å². The van der Waals surface area contributed by atoms with Gasteiger partial charge in [-0.3, -0.25) is 0 Å². The third-order valence-electron chi connectivity index (χ3n) is 3.84. The highest BCUT2D eigenvalue weighted by molar-refractivity contribution is 5.29. The zero-order chi connectivity index (χ0) is 12.8. The van der Waals surface area contributed by atoms with E-state index in [1.807, 2.05) is 6.92 Å². The maximum absolute atomic E-state index is 5.49. The van der Waals surface area contributed by atoms with Crippen LogP contribution in [0.3, 0.4) is 0 Å². The molecule has 0 spiro atoms. The van der Waals surface area contributed by atoms with E-state index in [9.17, 15) is 0 Å². The molecule has 1 aromatic rings. The average molecular weight is 247 g/mol. The fourth-order valence-electron chi connectivity index (χ4n) is 2.61. The van der Waals surface area contributed by atoms with Crippen LogP contribution in [-0.4, -0.2) is 13.2 Å². The van der Waals surface area contributed by atoms with Gasteiger partial charge in [-0.15, -0.1) is 0 Å². The van der Waals surface area contributed by atoms with Gasteiger partial charge < -0.3 is 10.1 Å². The van der Waals surface area contributed by atoms with Gasteiger partial charge in [0, 0.05) is 6.04 Å². The molecule has 18 heavy (non-hydrogen) atoms. The second-order valence-electron chi connectivity index (χ2n) is 5.14. The van der Waals surface area contributed by atoms with Crippen molar-refractivity contribution >= 4 is 0 Å². The maximum atomic E-state index is 5.49. The van der Waals surface area contributed by atoms with E-state index in [1.165, 1.54) is 31.2 Å². The van der Waals surface area contributed by atoms with E-state index < -0.39 is 0 Å². The van der Waals surface area contributed by atoms with E-state index in [-0.39, 0.29) is 0 Å². The molecule has 2 heteroatoms. The normalized spacial score (nSPS) is 17.2. The fraction of sp³-hybridized carbons (Fsp3) is 0.625. The van der Waals surface area contributed by atoms with Crippen LogP contribution in [0, 0.1) is 5.92 Å². The minimum absolute atomic E-state index is 0.510. The van der Waals surface area contributed by atoms with Gasteiger partial charge in [0.05, 0.1) is 6.61 Å². The third-order valence-corrected chi connectivity index (χ3v) is 3.84. The van der Waals surface area contributed by atoms with Crippen LogP contribution in [0.2, 0.25) is 0 Å². The van der Waals surface area contributed by atoms with Crippen molar-refractivity contribution < 1.29 is 4.74 Å². The summed E-state index contributed by atoms with van der Waals surface area (Å²) < 4.78 is 5.49. The molecule has 0 aliphatic heterocycles. The molecule has 1 aliphatic rings. The topological polar surface area (TPSA) is 21.3 Å². The van der Waals surface area contributed by atoms with Crippen LogP contribution in [0.25, 0.3) is 0 Å². The lowest BCUT2D eigenvalue weighted by Crippen LogP contribution is -2.25. The Hall–Kier alpha value is -1.02. The summed E-state index contributed by atoms with van der Waals surface area (Å²) in [7, 11) is 0. The van der Waals surface area contributed by atoms with Crippen molar-refractivity contribution in [2.45, 2.75) is 45.6 Å². The molecule has 1 saturated carbocycles. The van der Waals surface area contributed by atoms with Crippen LogP contribution in [0.15, 0.2) is 24.3 Å². The van der Waals surface area contributed by atoms with Crippen molar-refractivity contribution in [2.75, 3.05) is 13.2 Å². The Kier molecular flexibility index (Phi) is 5.06. The van der Waals surface area contributed by atoms with E-state index in [0.29, 0.717) is 6.04 Å². The quantitative estimate of drug-likeness (QED) is 0.788. The summed E-state index contributed by atoms with van der Waals surface area (Å²) in [5, 5.41) is 3.61. The molecule has 1 N–H and O–H groups in total. The Balaban J connectivity index is 1.99. The molecule has 1 unspecified atom stereocenters. The van der Waals surface area contributed by atoms with E-state index >= 15 is 0 Å². The monoisotopic (exact) mass is 247 g/mol. The van der Waals surface area contributed by atoms with Crippen LogP contribution < -0.4 is 10.1 Å². The largest absolute Gasteiger partial charge is 0.494 e. The van der Waals surface area contributed by atoms with Crippen molar-refractivity contribution in [2.24, 2.45) is 5.92 Å². The average Bonchev–Trinajstić information content (AvgIpc) is 2.34. The minimum atomic E-state index is 0.510. The zero-order valence-electron chi connectivity index (χ0n) is 11.6. The molecule has 1 atom stereocenters. The van der Waals surface area contributed by atoms with Gasteiger partial charge >= 0.3 is 0 Å². The predicted octanol–water partition coefficient (Wildman–Crippen LogP) is 3.93. The number of rotatable bonds is 7. The Bertz CT molecular complexity index is 343. The number of hydrogen-bond acceptors (Lipinski definition) is 2. The molecule has 0 heterocycles. The molecule has 0 saturated heterocycles. The second-order valence-corrected chi connectivity index (χ2v) is 5.14. The number of nitrogens with one attached hydrogen (secondary N) is 1. The first kappa shape index (κ1) is 13.4. The van der Waals surface area contributed by atoms with Crippen molar-refractivity contribution in [3.05, 3.63) is 29.8 Å². The number of ether oxygens (including phenoxy) is 1. The van der Waals surface area contributed by atoms with Gasteiger partial charge in [0.15, 0.2) is 0 Å². The first-order valence-corrected chi connectivity index (χ1v) is 7.29. The van der Waals surface area contributed by atoms with Crippen LogP contribution >= 0.6 is 0 Å². The highest BCUT2D eigenvalue weighted by Crippen LogP contribution is 2.35. The summed E-state index contributed by atoms with van der Waals surface area (Å²) in [6.45, 7) is 5.97. The van der Waals surface area contributed by atoms with Gasteiger partial charge in [0.1, 0.15) is 5.75 Å². The second kappa shape index (κ2) is 6.79. The summed E-state index contributed by atoms with van der Waals surface area (Å²) in [5.41, 5.74) is 1.40. The smallest absolute Gasteiger partial charge is 0.119 e. The Morgan fingerprint density at radius 2 is 1.94 bits per heavy atom. The highest BCUT2D eigenvalue weighted by Gasteiger charge is 2.22. The number of hydrogen-bond donors (Lipinski definition) is 1. The van der Waals surface area contributed by atoms with E-state index in [0.717, 1.165) is 24.8 Å².